The van der Waals surface area contributed by atoms with Crippen molar-refractivity contribution >= 4 is 17.9 Å². The lowest BCUT2D eigenvalue weighted by Crippen LogP contribution is -2.58. The summed E-state index contributed by atoms with van der Waals surface area (Å²) in [7, 11) is 3.29. The molecule has 2 fully saturated rings. The number of rotatable bonds is 7. The number of ether oxygens (including phenoxy) is 2. The average molecular weight is 421 g/mol. The van der Waals surface area contributed by atoms with Crippen LogP contribution in [-0.4, -0.2) is 31.7 Å². The van der Waals surface area contributed by atoms with Gasteiger partial charge >= 0.3 is 0 Å². The molecule has 0 radical (unpaired) electrons. The van der Waals surface area contributed by atoms with Gasteiger partial charge in [-0.3, -0.25) is 4.79 Å². The summed E-state index contributed by atoms with van der Waals surface area (Å²) < 4.78 is 14.1. The van der Waals surface area contributed by atoms with Crippen LogP contribution in [0.25, 0.3) is 0 Å². The Morgan fingerprint density at radius 2 is 1.86 bits per heavy atom. The summed E-state index contributed by atoms with van der Waals surface area (Å²) >= 11 is 1.40. The van der Waals surface area contributed by atoms with Crippen LogP contribution in [0.1, 0.15) is 53.4 Å². The summed E-state index contributed by atoms with van der Waals surface area (Å²) in [4.78, 5) is 14.1. The molecule has 5 unspecified atom stereocenters. The maximum Gasteiger partial charge on any atom is 0.240 e. The molecular weight excluding hydrogens is 384 g/mol. The van der Waals surface area contributed by atoms with E-state index in [4.69, 9.17) is 9.47 Å². The molecule has 2 N–H and O–H groups in total. The molecule has 1 aromatic carbocycles. The molecule has 2 aliphatic rings. The fourth-order valence-electron chi connectivity index (χ4n) is 5.11. The predicted octanol–water partition coefficient (Wildman–Crippen LogP) is 4.66. The minimum Gasteiger partial charge on any atom is -0.497 e. The maximum atomic E-state index is 13.2. The molecule has 3 rings (SSSR count). The number of methoxy groups -OCH3 is 2. The van der Waals surface area contributed by atoms with Gasteiger partial charge in [0.1, 0.15) is 17.0 Å². The van der Waals surface area contributed by atoms with Crippen molar-refractivity contribution in [1.29, 1.82) is 0 Å². The molecule has 6 heteroatoms. The summed E-state index contributed by atoms with van der Waals surface area (Å²) in [5.41, 5.74) is -0.713. The van der Waals surface area contributed by atoms with Crippen LogP contribution in [0.4, 0.5) is 0 Å². The summed E-state index contributed by atoms with van der Waals surface area (Å²) in [6, 6.07) is 5.93. The predicted molar refractivity (Wildman–Crippen MR) is 118 cm³/mol. The number of carbonyl (C=O) groups is 1. The van der Waals surface area contributed by atoms with Gasteiger partial charge in [0, 0.05) is 6.04 Å². The van der Waals surface area contributed by atoms with Gasteiger partial charge in [0.15, 0.2) is 0 Å². The highest BCUT2D eigenvalue weighted by atomic mass is 32.2. The number of carbonyl (C=O) groups excluding carboxylic acids is 1. The first-order valence-corrected chi connectivity index (χ1v) is 11.5. The Hall–Kier alpha value is -1.40. The molecule has 5 atom stereocenters. The van der Waals surface area contributed by atoms with E-state index in [0.717, 1.165) is 28.2 Å². The number of nitrogens with one attached hydrogen (secondary N) is 2. The van der Waals surface area contributed by atoms with E-state index in [1.54, 1.807) is 14.2 Å². The molecule has 2 saturated carbocycles. The number of fused-ring (bicyclic) bond motifs is 2. The summed E-state index contributed by atoms with van der Waals surface area (Å²) in [5.74, 6) is 4.33. The van der Waals surface area contributed by atoms with E-state index in [2.05, 4.69) is 23.9 Å². The Bertz CT molecular complexity index is 720. The van der Waals surface area contributed by atoms with Crippen LogP contribution in [0.3, 0.4) is 0 Å². The second-order valence-electron chi connectivity index (χ2n) is 9.50. The minimum absolute atomic E-state index is 0.0559. The van der Waals surface area contributed by atoms with E-state index in [-0.39, 0.29) is 11.9 Å². The van der Waals surface area contributed by atoms with E-state index in [0.29, 0.717) is 11.8 Å². The molecular formula is C23H36N2O3S. The van der Waals surface area contributed by atoms with E-state index in [1.807, 2.05) is 32.0 Å². The molecule has 2 aliphatic carbocycles. The summed E-state index contributed by atoms with van der Waals surface area (Å²) in [5, 5.41) is 3.40. The zero-order valence-electron chi connectivity index (χ0n) is 18.6. The lowest BCUT2D eigenvalue weighted by Gasteiger charge is -2.47. The largest absolute Gasteiger partial charge is 0.497 e. The molecule has 0 heterocycles. The van der Waals surface area contributed by atoms with Crippen LogP contribution in [0.2, 0.25) is 0 Å². The molecule has 0 aliphatic heterocycles. The summed E-state index contributed by atoms with van der Waals surface area (Å²) in [6.07, 6.45) is 5.08. The van der Waals surface area contributed by atoms with Crippen LogP contribution < -0.4 is 19.5 Å². The standard InChI is InChI=1S/C23H36N2O3S/c1-14-9-16-11-15(2)21(17(10-14)12-16)24-22(26)23(3,4)25-29-20-13-18(27-5)7-8-19(20)28-6/h7-8,13-17,21,25H,9-12H2,1-6H3,(H,24,26). The van der Waals surface area contributed by atoms with E-state index in [1.165, 1.54) is 37.6 Å². The normalized spacial score (nSPS) is 29.2. The molecule has 2 bridgehead atoms. The fraction of sp³-hybridized carbons (Fsp3) is 0.696. The second-order valence-corrected chi connectivity index (χ2v) is 10.3. The topological polar surface area (TPSA) is 59.6 Å². The Kier molecular flexibility index (Phi) is 7.05. The van der Waals surface area contributed by atoms with Gasteiger partial charge in [-0.1, -0.05) is 13.8 Å². The van der Waals surface area contributed by atoms with Crippen LogP contribution in [0.15, 0.2) is 23.1 Å². The molecule has 0 spiro atoms. The molecule has 1 amide bonds. The van der Waals surface area contributed by atoms with Gasteiger partial charge in [0.2, 0.25) is 5.91 Å². The smallest absolute Gasteiger partial charge is 0.240 e. The average Bonchev–Trinajstić information content (AvgIpc) is 2.68. The Morgan fingerprint density at radius 3 is 2.55 bits per heavy atom. The molecule has 5 nitrogen and oxygen atoms in total. The lowest BCUT2D eigenvalue weighted by molar-refractivity contribution is -0.128. The van der Waals surface area contributed by atoms with E-state index < -0.39 is 5.54 Å². The number of amides is 1. The Labute approximate surface area is 179 Å². The van der Waals surface area contributed by atoms with Crippen LogP contribution >= 0.6 is 11.9 Å². The van der Waals surface area contributed by atoms with E-state index in [9.17, 15) is 4.79 Å². The highest BCUT2D eigenvalue weighted by molar-refractivity contribution is 7.97. The first kappa shape index (κ1) is 22.3. The van der Waals surface area contributed by atoms with Gasteiger partial charge in [-0.25, -0.2) is 4.72 Å². The van der Waals surface area contributed by atoms with Crippen molar-refractivity contribution in [3.8, 4) is 11.5 Å². The van der Waals surface area contributed by atoms with Crippen molar-refractivity contribution in [2.45, 2.75) is 69.9 Å². The quantitative estimate of drug-likeness (QED) is 0.629. The first-order valence-electron chi connectivity index (χ1n) is 10.7. The third-order valence-corrected chi connectivity index (χ3v) is 7.71. The fourth-order valence-corrected chi connectivity index (χ4v) is 5.99. The lowest BCUT2D eigenvalue weighted by atomic mass is 9.63. The Balaban J connectivity index is 1.64. The Morgan fingerprint density at radius 1 is 1.10 bits per heavy atom. The highest BCUT2D eigenvalue weighted by Crippen LogP contribution is 2.45. The SMILES string of the molecule is COc1ccc(OC)c(SNC(C)(C)C(=O)NC2C(C)CC3CC(C)CC2C3)c1. The number of hydrogen-bond acceptors (Lipinski definition) is 5. The third kappa shape index (κ3) is 5.21. The maximum absolute atomic E-state index is 13.2. The van der Waals surface area contributed by atoms with Gasteiger partial charge in [-0.2, -0.15) is 0 Å². The van der Waals surface area contributed by atoms with E-state index >= 15 is 0 Å². The zero-order chi connectivity index (χ0) is 21.2. The number of hydrogen-bond donors (Lipinski definition) is 2. The molecule has 0 aromatic heterocycles. The van der Waals surface area contributed by atoms with Gasteiger partial charge in [0.05, 0.1) is 19.1 Å². The van der Waals surface area contributed by atoms with Crippen molar-refractivity contribution in [2.75, 3.05) is 14.2 Å². The minimum atomic E-state index is -0.713. The van der Waals surface area contributed by atoms with Crippen molar-refractivity contribution < 1.29 is 14.3 Å². The zero-order valence-corrected chi connectivity index (χ0v) is 19.4. The van der Waals surface area contributed by atoms with Crippen molar-refractivity contribution in [1.82, 2.24) is 10.0 Å². The first-order chi connectivity index (χ1) is 13.7. The molecule has 0 saturated heterocycles. The van der Waals surface area contributed by atoms with Crippen molar-refractivity contribution in [3.05, 3.63) is 18.2 Å². The highest BCUT2D eigenvalue weighted by Gasteiger charge is 2.42. The summed E-state index contributed by atoms with van der Waals surface area (Å²) in [6.45, 7) is 8.53. The second kappa shape index (κ2) is 9.17. The molecule has 1 aromatic rings. The van der Waals surface area contributed by atoms with Crippen LogP contribution in [-0.2, 0) is 4.79 Å². The van der Waals surface area contributed by atoms with Gasteiger partial charge in [-0.05, 0) is 93.3 Å². The van der Waals surface area contributed by atoms with Crippen LogP contribution in [0.5, 0.6) is 11.5 Å². The van der Waals surface area contributed by atoms with Gasteiger partial charge in [-0.15, -0.1) is 0 Å². The molecule has 29 heavy (non-hydrogen) atoms. The number of benzene rings is 1. The van der Waals surface area contributed by atoms with Crippen molar-refractivity contribution in [2.24, 2.45) is 23.7 Å². The third-order valence-electron chi connectivity index (χ3n) is 6.56. The van der Waals surface area contributed by atoms with Gasteiger partial charge in [0.25, 0.3) is 0 Å². The van der Waals surface area contributed by atoms with Crippen molar-refractivity contribution in [3.63, 3.8) is 0 Å². The molecule has 162 valence electrons. The van der Waals surface area contributed by atoms with Crippen LogP contribution in [0, 0.1) is 23.7 Å². The monoisotopic (exact) mass is 420 g/mol. The van der Waals surface area contributed by atoms with Gasteiger partial charge < -0.3 is 14.8 Å².